The Labute approximate surface area is 177 Å². The molecule has 1 N–H and O–H groups in total. The van der Waals surface area contributed by atoms with Gasteiger partial charge in [0.05, 0.1) is 42.9 Å². The highest BCUT2D eigenvalue weighted by molar-refractivity contribution is 6.10. The number of amides is 1. The lowest BCUT2D eigenvalue weighted by Gasteiger charge is -2.09. The van der Waals surface area contributed by atoms with Crippen molar-refractivity contribution in [1.29, 1.82) is 5.26 Å². The minimum Gasteiger partial charge on any atom is -0.493 e. The number of methoxy groups -OCH3 is 2. The van der Waals surface area contributed by atoms with Gasteiger partial charge in [-0.05, 0) is 43.3 Å². The first kappa shape index (κ1) is 22.9. The van der Waals surface area contributed by atoms with Crippen molar-refractivity contribution >= 4 is 29.3 Å². The Morgan fingerprint density at radius 3 is 2.29 bits per heavy atom. The van der Waals surface area contributed by atoms with E-state index in [-0.39, 0.29) is 34.9 Å². The minimum atomic E-state index is -0.782. The van der Waals surface area contributed by atoms with Gasteiger partial charge in [0.2, 0.25) is 0 Å². The van der Waals surface area contributed by atoms with E-state index in [0.717, 1.165) is 12.1 Å². The smallest absolute Gasteiger partial charge is 0.338 e. The number of esters is 1. The van der Waals surface area contributed by atoms with Crippen LogP contribution in [0, 0.1) is 21.4 Å². The molecule has 0 aliphatic heterocycles. The Morgan fingerprint density at radius 1 is 1.16 bits per heavy atom. The average Bonchev–Trinajstić information content (AvgIpc) is 2.77. The van der Waals surface area contributed by atoms with E-state index < -0.39 is 16.8 Å². The number of benzene rings is 2. The van der Waals surface area contributed by atoms with Crippen LogP contribution in [-0.2, 0) is 9.53 Å². The molecule has 10 heteroatoms. The summed E-state index contributed by atoms with van der Waals surface area (Å²) in [6, 6.07) is 10.0. The van der Waals surface area contributed by atoms with Gasteiger partial charge in [-0.3, -0.25) is 14.9 Å². The summed E-state index contributed by atoms with van der Waals surface area (Å²) in [7, 11) is 2.69. The number of carbonyl (C=O) groups excluding carboxylic acids is 2. The van der Waals surface area contributed by atoms with Crippen LogP contribution in [0.4, 0.5) is 11.4 Å². The Bertz CT molecular complexity index is 1070. The fourth-order valence-corrected chi connectivity index (χ4v) is 2.56. The predicted octanol–water partition coefficient (Wildman–Crippen LogP) is 3.33. The van der Waals surface area contributed by atoms with E-state index in [4.69, 9.17) is 14.2 Å². The third-order valence-corrected chi connectivity index (χ3v) is 4.05. The normalized spacial score (nSPS) is 10.6. The van der Waals surface area contributed by atoms with Crippen molar-refractivity contribution in [2.75, 3.05) is 26.1 Å². The zero-order chi connectivity index (χ0) is 23.0. The summed E-state index contributed by atoms with van der Waals surface area (Å²) in [5.41, 5.74) is -0.119. The van der Waals surface area contributed by atoms with Crippen molar-refractivity contribution in [3.63, 3.8) is 0 Å². The molecule has 0 saturated heterocycles. The van der Waals surface area contributed by atoms with Gasteiger partial charge >= 0.3 is 5.97 Å². The summed E-state index contributed by atoms with van der Waals surface area (Å²) in [5.74, 6) is -0.947. The molecule has 0 heterocycles. The van der Waals surface area contributed by atoms with Crippen LogP contribution in [-0.4, -0.2) is 37.6 Å². The summed E-state index contributed by atoms with van der Waals surface area (Å²) < 4.78 is 15.1. The first-order valence-electron chi connectivity index (χ1n) is 8.95. The fourth-order valence-electron chi connectivity index (χ4n) is 2.56. The van der Waals surface area contributed by atoms with Crippen LogP contribution >= 0.6 is 0 Å². The van der Waals surface area contributed by atoms with Gasteiger partial charge in [-0.25, -0.2) is 4.79 Å². The molecule has 160 valence electrons. The number of carbonyl (C=O) groups is 2. The number of anilines is 1. The highest BCUT2D eigenvalue weighted by Gasteiger charge is 2.20. The zero-order valence-electron chi connectivity index (χ0n) is 17.0. The molecule has 0 atom stereocenters. The van der Waals surface area contributed by atoms with E-state index in [0.29, 0.717) is 11.3 Å². The molecule has 10 nitrogen and oxygen atoms in total. The third kappa shape index (κ3) is 5.57. The first-order chi connectivity index (χ1) is 14.8. The van der Waals surface area contributed by atoms with Crippen LogP contribution < -0.4 is 14.8 Å². The van der Waals surface area contributed by atoms with E-state index in [1.54, 1.807) is 13.0 Å². The maximum absolute atomic E-state index is 12.5. The Balaban J connectivity index is 2.33. The van der Waals surface area contributed by atoms with Gasteiger partial charge in [-0.15, -0.1) is 0 Å². The van der Waals surface area contributed by atoms with Gasteiger partial charge < -0.3 is 19.5 Å². The van der Waals surface area contributed by atoms with Gasteiger partial charge in [0.15, 0.2) is 11.5 Å². The minimum absolute atomic E-state index is 0.00740. The molecule has 2 aromatic rings. The van der Waals surface area contributed by atoms with Crippen LogP contribution in [0.5, 0.6) is 11.5 Å². The summed E-state index contributed by atoms with van der Waals surface area (Å²) in [4.78, 5) is 34.9. The number of ether oxygens (including phenoxy) is 3. The van der Waals surface area contributed by atoms with Crippen LogP contribution in [0.2, 0.25) is 0 Å². The number of hydrogen-bond acceptors (Lipinski definition) is 8. The van der Waals surface area contributed by atoms with Crippen molar-refractivity contribution in [2.24, 2.45) is 0 Å². The molecule has 31 heavy (non-hydrogen) atoms. The molecular weight excluding hydrogens is 406 g/mol. The second-order valence-electron chi connectivity index (χ2n) is 5.94. The highest BCUT2D eigenvalue weighted by atomic mass is 16.6. The van der Waals surface area contributed by atoms with Crippen molar-refractivity contribution in [3.05, 3.63) is 63.2 Å². The van der Waals surface area contributed by atoms with E-state index in [2.05, 4.69) is 5.32 Å². The van der Waals surface area contributed by atoms with Crippen molar-refractivity contribution in [3.8, 4) is 17.6 Å². The second-order valence-corrected chi connectivity index (χ2v) is 5.94. The summed E-state index contributed by atoms with van der Waals surface area (Å²) in [6.07, 6.45) is 1.09. The highest BCUT2D eigenvalue weighted by Crippen LogP contribution is 2.35. The fraction of sp³-hybridized carbons (Fsp3) is 0.190. The number of nitro groups is 1. The maximum atomic E-state index is 12.5. The van der Waals surface area contributed by atoms with Gasteiger partial charge in [-0.2, -0.15) is 5.26 Å². The predicted molar refractivity (Wildman–Crippen MR) is 111 cm³/mol. The number of nitrogens with zero attached hydrogens (tertiary/aromatic N) is 2. The van der Waals surface area contributed by atoms with Gasteiger partial charge in [0, 0.05) is 5.69 Å². The van der Waals surface area contributed by atoms with E-state index in [9.17, 15) is 25.0 Å². The molecule has 0 aliphatic rings. The average molecular weight is 425 g/mol. The molecule has 0 bridgehead atoms. The topological polar surface area (TPSA) is 141 Å². The molecule has 0 unspecified atom stereocenters. The van der Waals surface area contributed by atoms with Crippen LogP contribution in [0.3, 0.4) is 0 Å². The largest absolute Gasteiger partial charge is 0.493 e. The zero-order valence-corrected chi connectivity index (χ0v) is 17.0. The van der Waals surface area contributed by atoms with Gasteiger partial charge in [-0.1, -0.05) is 0 Å². The van der Waals surface area contributed by atoms with Crippen LogP contribution in [0.15, 0.2) is 42.0 Å². The first-order valence-corrected chi connectivity index (χ1v) is 8.95. The number of nitrogens with one attached hydrogen (secondary N) is 1. The lowest BCUT2D eigenvalue weighted by Crippen LogP contribution is -2.14. The molecule has 0 fully saturated rings. The number of rotatable bonds is 8. The molecule has 2 aromatic carbocycles. The molecule has 2 rings (SSSR count). The molecule has 0 radical (unpaired) electrons. The van der Waals surface area contributed by atoms with E-state index >= 15 is 0 Å². The lowest BCUT2D eigenvalue weighted by atomic mass is 10.1. The molecule has 1 amide bonds. The van der Waals surface area contributed by atoms with Gasteiger partial charge in [0.25, 0.3) is 11.6 Å². The lowest BCUT2D eigenvalue weighted by molar-refractivity contribution is -0.385. The number of nitro benzene ring substituents is 1. The molecule has 0 saturated carbocycles. The Morgan fingerprint density at radius 2 is 1.77 bits per heavy atom. The Hall–Kier alpha value is -4.39. The third-order valence-electron chi connectivity index (χ3n) is 4.05. The summed E-state index contributed by atoms with van der Waals surface area (Å²) in [5, 5.41) is 23.3. The monoisotopic (exact) mass is 425 g/mol. The summed E-state index contributed by atoms with van der Waals surface area (Å²) in [6.45, 7) is 1.92. The molecule has 0 aliphatic carbocycles. The van der Waals surface area contributed by atoms with Crippen LogP contribution in [0.1, 0.15) is 22.8 Å². The van der Waals surface area contributed by atoms with Gasteiger partial charge in [0.1, 0.15) is 11.6 Å². The number of nitriles is 1. The van der Waals surface area contributed by atoms with Crippen molar-refractivity contribution in [2.45, 2.75) is 6.92 Å². The molecule has 0 aromatic heterocycles. The van der Waals surface area contributed by atoms with E-state index in [1.807, 2.05) is 0 Å². The SMILES string of the molecule is CCOC(=O)c1ccc(NC(=O)/C(C#N)=C/c2cc(OC)c(OC)cc2[N+](=O)[O-])cc1. The quantitative estimate of drug-likeness (QED) is 0.223. The van der Waals surface area contributed by atoms with Crippen LogP contribution in [0.25, 0.3) is 6.08 Å². The van der Waals surface area contributed by atoms with Crippen molar-refractivity contribution in [1.82, 2.24) is 0 Å². The molecule has 0 spiro atoms. The standard InChI is InChI=1S/C21H19N3O7/c1-4-31-21(26)13-5-7-16(8-6-13)23-20(25)15(12-22)9-14-10-18(29-2)19(30-3)11-17(14)24(27)28/h5-11H,4H2,1-3H3,(H,23,25)/b15-9+. The van der Waals surface area contributed by atoms with Crippen molar-refractivity contribution < 1.29 is 28.7 Å². The summed E-state index contributed by atoms with van der Waals surface area (Å²) >= 11 is 0. The Kier molecular flexibility index (Phi) is 7.68. The van der Waals surface area contributed by atoms with E-state index in [1.165, 1.54) is 44.6 Å². The molecular formula is C21H19N3O7. The second kappa shape index (κ2) is 10.4. The number of hydrogen-bond donors (Lipinski definition) is 1. The maximum Gasteiger partial charge on any atom is 0.338 e.